The fourth-order valence-corrected chi connectivity index (χ4v) is 3.04. The first kappa shape index (κ1) is 9.10. The van der Waals surface area contributed by atoms with Gasteiger partial charge in [-0.3, -0.25) is 0 Å². The van der Waals surface area contributed by atoms with Gasteiger partial charge in [0.25, 0.3) is 0 Å². The molecule has 3 rings (SSSR count). The van der Waals surface area contributed by atoms with E-state index in [0.29, 0.717) is 5.25 Å². The van der Waals surface area contributed by atoms with E-state index in [1.165, 1.54) is 4.91 Å². The molecular formula is C13H12OS. The lowest BCUT2D eigenvalue weighted by molar-refractivity contribution is 0.164. The maximum absolute atomic E-state index is 5.96. The summed E-state index contributed by atoms with van der Waals surface area (Å²) in [5, 5.41) is 0.441. The van der Waals surface area contributed by atoms with Crippen LogP contribution in [0, 0.1) is 0 Å². The minimum absolute atomic E-state index is 0.204. The van der Waals surface area contributed by atoms with Crippen LogP contribution in [-0.2, 0) is 4.74 Å². The first-order valence-corrected chi connectivity index (χ1v) is 6.07. The van der Waals surface area contributed by atoms with Crippen molar-refractivity contribution in [3.05, 3.63) is 59.3 Å². The summed E-state index contributed by atoms with van der Waals surface area (Å²) < 4.78 is 5.96. The molecule has 76 valence electrons. The van der Waals surface area contributed by atoms with E-state index in [0.717, 1.165) is 12.2 Å². The van der Waals surface area contributed by atoms with Gasteiger partial charge in [-0.05, 0) is 18.6 Å². The molecule has 1 aliphatic heterocycles. The highest BCUT2D eigenvalue weighted by molar-refractivity contribution is 8.04. The van der Waals surface area contributed by atoms with Crippen molar-refractivity contribution in [2.24, 2.45) is 0 Å². The molecule has 1 nitrogen and oxygen atoms in total. The smallest absolute Gasteiger partial charge is 0.133 e. The fraction of sp³-hybridized carbons (Fsp3) is 0.231. The number of rotatable bonds is 0. The third-order valence-corrected chi connectivity index (χ3v) is 3.95. The van der Waals surface area contributed by atoms with Crippen molar-refractivity contribution in [1.29, 1.82) is 0 Å². The van der Waals surface area contributed by atoms with Crippen LogP contribution in [0.3, 0.4) is 0 Å². The summed E-state index contributed by atoms with van der Waals surface area (Å²) in [5.74, 6) is 1.02. The number of fused-ring (bicyclic) bond motifs is 2. The van der Waals surface area contributed by atoms with Crippen LogP contribution in [0.25, 0.3) is 0 Å². The second-order valence-corrected chi connectivity index (χ2v) is 4.92. The summed E-state index contributed by atoms with van der Waals surface area (Å²) in [6, 6.07) is 0. The summed E-state index contributed by atoms with van der Waals surface area (Å²) in [6.45, 7) is 0. The van der Waals surface area contributed by atoms with Gasteiger partial charge in [-0.2, -0.15) is 0 Å². The van der Waals surface area contributed by atoms with Crippen molar-refractivity contribution in [3.8, 4) is 0 Å². The van der Waals surface area contributed by atoms with Crippen molar-refractivity contribution in [2.45, 2.75) is 17.8 Å². The molecule has 0 aromatic carbocycles. The summed E-state index contributed by atoms with van der Waals surface area (Å²) in [7, 11) is 0. The maximum Gasteiger partial charge on any atom is 0.133 e. The highest BCUT2D eigenvalue weighted by Crippen LogP contribution is 2.41. The zero-order valence-corrected chi connectivity index (χ0v) is 9.11. The van der Waals surface area contributed by atoms with Crippen molar-refractivity contribution in [1.82, 2.24) is 0 Å². The highest BCUT2D eigenvalue weighted by atomic mass is 32.2. The molecule has 1 saturated heterocycles. The lowest BCUT2D eigenvalue weighted by atomic mass is 10.1. The maximum atomic E-state index is 5.96. The standard InChI is InChI=1S/C13H12OS/c1-2-6-10-12(8-3-1)15-13-9-5-4-7-11(13)14-10/h1-2,4-9,11,13H,3H2. The van der Waals surface area contributed by atoms with Crippen molar-refractivity contribution in [2.75, 3.05) is 0 Å². The Kier molecular flexibility index (Phi) is 2.29. The lowest BCUT2D eigenvalue weighted by Crippen LogP contribution is -2.28. The molecule has 0 aromatic heterocycles. The van der Waals surface area contributed by atoms with Gasteiger partial charge in [0.15, 0.2) is 0 Å². The molecule has 0 radical (unpaired) electrons. The molecule has 2 unspecified atom stereocenters. The van der Waals surface area contributed by atoms with Crippen LogP contribution in [0.1, 0.15) is 6.42 Å². The number of hydrogen-bond acceptors (Lipinski definition) is 2. The lowest BCUT2D eigenvalue weighted by Gasteiger charge is -2.32. The number of allylic oxidation sites excluding steroid dienone is 6. The van der Waals surface area contributed by atoms with Crippen molar-refractivity contribution in [3.63, 3.8) is 0 Å². The molecule has 15 heavy (non-hydrogen) atoms. The fourth-order valence-electron chi connectivity index (χ4n) is 1.87. The minimum Gasteiger partial charge on any atom is -0.484 e. The van der Waals surface area contributed by atoms with Crippen molar-refractivity contribution < 1.29 is 4.74 Å². The molecule has 1 heterocycles. The molecule has 2 heteroatoms. The molecule has 0 N–H and O–H groups in total. The van der Waals surface area contributed by atoms with Crippen LogP contribution in [0.5, 0.6) is 0 Å². The SMILES string of the molecule is C1=CCC=C2SC3C=CC=CC3OC2=C1. The average molecular weight is 216 g/mol. The Hall–Kier alpha value is -1.15. The minimum atomic E-state index is 0.204. The van der Waals surface area contributed by atoms with Gasteiger partial charge in [-0.15, -0.1) is 11.8 Å². The molecule has 0 aromatic rings. The molecule has 0 amide bonds. The molecule has 2 atom stereocenters. The summed E-state index contributed by atoms with van der Waals surface area (Å²) >= 11 is 1.90. The molecule has 2 aliphatic carbocycles. The molecular weight excluding hydrogens is 204 g/mol. The summed E-state index contributed by atoms with van der Waals surface area (Å²) in [4.78, 5) is 1.28. The number of thioether (sulfide) groups is 1. The van der Waals surface area contributed by atoms with E-state index in [9.17, 15) is 0 Å². The Morgan fingerprint density at radius 2 is 2.13 bits per heavy atom. The van der Waals surface area contributed by atoms with Gasteiger partial charge >= 0.3 is 0 Å². The molecule has 0 spiro atoms. The van der Waals surface area contributed by atoms with Gasteiger partial charge in [-0.1, -0.05) is 36.5 Å². The largest absolute Gasteiger partial charge is 0.484 e. The molecule has 1 fully saturated rings. The normalized spacial score (nSPS) is 32.0. The zero-order chi connectivity index (χ0) is 10.1. The first-order chi connectivity index (χ1) is 7.43. The highest BCUT2D eigenvalue weighted by Gasteiger charge is 2.30. The van der Waals surface area contributed by atoms with E-state index in [2.05, 4.69) is 48.6 Å². The second kappa shape index (κ2) is 3.78. The predicted molar refractivity (Wildman–Crippen MR) is 64.5 cm³/mol. The van der Waals surface area contributed by atoms with E-state index >= 15 is 0 Å². The molecule has 0 bridgehead atoms. The number of hydrogen-bond donors (Lipinski definition) is 0. The summed E-state index contributed by atoms with van der Waals surface area (Å²) in [5.41, 5.74) is 0. The average Bonchev–Trinajstić information content (AvgIpc) is 2.50. The van der Waals surface area contributed by atoms with Gasteiger partial charge in [0.05, 0.1) is 5.25 Å². The van der Waals surface area contributed by atoms with Crippen LogP contribution >= 0.6 is 11.8 Å². The van der Waals surface area contributed by atoms with Crippen molar-refractivity contribution >= 4 is 11.8 Å². The molecule has 3 aliphatic rings. The van der Waals surface area contributed by atoms with Gasteiger partial charge in [0, 0.05) is 4.91 Å². The van der Waals surface area contributed by atoms with Gasteiger partial charge in [0.1, 0.15) is 11.9 Å². The Labute approximate surface area is 93.9 Å². The van der Waals surface area contributed by atoms with Gasteiger partial charge in [-0.25, -0.2) is 0 Å². The molecule has 0 saturated carbocycles. The zero-order valence-electron chi connectivity index (χ0n) is 8.30. The van der Waals surface area contributed by atoms with Crippen LogP contribution in [0.2, 0.25) is 0 Å². The third-order valence-electron chi connectivity index (χ3n) is 2.63. The van der Waals surface area contributed by atoms with E-state index in [1.54, 1.807) is 0 Å². The van der Waals surface area contributed by atoms with E-state index in [4.69, 9.17) is 4.74 Å². The second-order valence-electron chi connectivity index (χ2n) is 3.70. The van der Waals surface area contributed by atoms with Crippen LogP contribution in [0.15, 0.2) is 59.3 Å². The predicted octanol–water partition coefficient (Wildman–Crippen LogP) is 3.34. The Morgan fingerprint density at radius 3 is 3.13 bits per heavy atom. The summed E-state index contributed by atoms with van der Waals surface area (Å²) in [6.07, 6.45) is 18.2. The Morgan fingerprint density at radius 1 is 1.20 bits per heavy atom. The van der Waals surface area contributed by atoms with Gasteiger partial charge in [0.2, 0.25) is 0 Å². The monoisotopic (exact) mass is 216 g/mol. The third kappa shape index (κ3) is 1.70. The Balaban J connectivity index is 1.92. The first-order valence-electron chi connectivity index (χ1n) is 5.19. The topological polar surface area (TPSA) is 9.23 Å². The van der Waals surface area contributed by atoms with Crippen LogP contribution in [0.4, 0.5) is 0 Å². The quantitative estimate of drug-likeness (QED) is 0.614. The van der Waals surface area contributed by atoms with Crippen LogP contribution < -0.4 is 0 Å². The van der Waals surface area contributed by atoms with E-state index in [-0.39, 0.29) is 6.10 Å². The van der Waals surface area contributed by atoms with E-state index in [1.807, 2.05) is 11.8 Å². The Bertz CT molecular complexity index is 412. The number of ether oxygens (including phenoxy) is 1. The van der Waals surface area contributed by atoms with Gasteiger partial charge < -0.3 is 4.74 Å². The van der Waals surface area contributed by atoms with Crippen LogP contribution in [-0.4, -0.2) is 11.4 Å². The van der Waals surface area contributed by atoms with E-state index < -0.39 is 0 Å².